The monoisotopic (exact) mass is 200 g/mol. The summed E-state index contributed by atoms with van der Waals surface area (Å²) in [5, 5.41) is 8.81. The Balaban J connectivity index is 2.00. The Hall–Kier alpha value is -0.180. The summed E-state index contributed by atoms with van der Waals surface area (Å²) < 4.78 is 0. The zero-order valence-corrected chi connectivity index (χ0v) is 8.61. The zero-order valence-electron chi connectivity index (χ0n) is 7.79. The van der Waals surface area contributed by atoms with Crippen molar-refractivity contribution in [1.29, 1.82) is 0 Å². The number of thioether (sulfide) groups is 1. The second-order valence-electron chi connectivity index (χ2n) is 4.35. The van der Waals surface area contributed by atoms with Crippen molar-refractivity contribution in [3.8, 4) is 0 Å². The van der Waals surface area contributed by atoms with Crippen molar-refractivity contribution in [1.82, 2.24) is 0 Å². The Morgan fingerprint density at radius 1 is 1.54 bits per heavy atom. The number of rotatable bonds is 2. The highest BCUT2D eigenvalue weighted by Crippen LogP contribution is 2.54. The van der Waals surface area contributed by atoms with Gasteiger partial charge in [-0.2, -0.15) is 11.8 Å². The lowest BCUT2D eigenvalue weighted by Gasteiger charge is -2.50. The van der Waals surface area contributed by atoms with Gasteiger partial charge in [0.15, 0.2) is 0 Å². The minimum atomic E-state index is -0.608. The molecule has 1 saturated heterocycles. The molecule has 1 spiro atoms. The molecule has 0 radical (unpaired) electrons. The summed E-state index contributed by atoms with van der Waals surface area (Å²) >= 11 is 2.02. The molecule has 1 aliphatic heterocycles. The van der Waals surface area contributed by atoms with Gasteiger partial charge in [0, 0.05) is 6.42 Å². The van der Waals surface area contributed by atoms with Gasteiger partial charge in [0.2, 0.25) is 0 Å². The molecule has 0 aromatic rings. The van der Waals surface area contributed by atoms with Crippen molar-refractivity contribution in [2.75, 3.05) is 11.5 Å². The molecule has 1 saturated carbocycles. The van der Waals surface area contributed by atoms with Crippen LogP contribution in [0.5, 0.6) is 0 Å². The average molecular weight is 200 g/mol. The van der Waals surface area contributed by atoms with Crippen LogP contribution in [0.25, 0.3) is 0 Å². The molecular weight excluding hydrogens is 184 g/mol. The number of carboxylic acids is 1. The lowest BCUT2D eigenvalue weighted by molar-refractivity contribution is -0.140. The fourth-order valence-electron chi connectivity index (χ4n) is 2.64. The van der Waals surface area contributed by atoms with Crippen LogP contribution in [-0.4, -0.2) is 22.6 Å². The molecule has 2 nitrogen and oxygen atoms in total. The van der Waals surface area contributed by atoms with Gasteiger partial charge < -0.3 is 5.11 Å². The van der Waals surface area contributed by atoms with Crippen molar-refractivity contribution >= 4 is 17.7 Å². The smallest absolute Gasteiger partial charge is 0.303 e. The molecule has 1 heterocycles. The third-order valence-corrected chi connectivity index (χ3v) is 4.94. The molecule has 0 aromatic heterocycles. The van der Waals surface area contributed by atoms with Gasteiger partial charge in [-0.25, -0.2) is 0 Å². The third-order valence-electron chi connectivity index (χ3n) is 3.64. The largest absolute Gasteiger partial charge is 0.481 e. The lowest BCUT2D eigenvalue weighted by atomic mass is 9.60. The van der Waals surface area contributed by atoms with E-state index in [1.54, 1.807) is 0 Å². The highest BCUT2D eigenvalue weighted by Gasteiger charge is 2.45. The maximum Gasteiger partial charge on any atom is 0.303 e. The molecule has 1 unspecified atom stereocenters. The molecule has 1 N–H and O–H groups in total. The third kappa shape index (κ3) is 1.71. The van der Waals surface area contributed by atoms with Crippen LogP contribution < -0.4 is 0 Å². The number of carboxylic acid groups (broad SMARTS) is 1. The summed E-state index contributed by atoms with van der Waals surface area (Å²) in [6.45, 7) is 0. The van der Waals surface area contributed by atoms with Crippen molar-refractivity contribution in [3.63, 3.8) is 0 Å². The lowest BCUT2D eigenvalue weighted by Crippen LogP contribution is -2.43. The van der Waals surface area contributed by atoms with Crippen LogP contribution >= 0.6 is 11.8 Å². The van der Waals surface area contributed by atoms with Crippen molar-refractivity contribution in [2.24, 2.45) is 11.3 Å². The Labute approximate surface area is 83.1 Å². The van der Waals surface area contributed by atoms with Gasteiger partial charge in [-0.1, -0.05) is 6.42 Å². The Morgan fingerprint density at radius 3 is 2.85 bits per heavy atom. The van der Waals surface area contributed by atoms with Gasteiger partial charge in [0.25, 0.3) is 0 Å². The highest BCUT2D eigenvalue weighted by molar-refractivity contribution is 7.99. The molecule has 13 heavy (non-hydrogen) atoms. The fourth-order valence-corrected chi connectivity index (χ4v) is 4.16. The Morgan fingerprint density at radius 2 is 2.31 bits per heavy atom. The number of aliphatic carboxylic acids is 1. The van der Waals surface area contributed by atoms with E-state index >= 15 is 0 Å². The van der Waals surface area contributed by atoms with Crippen molar-refractivity contribution < 1.29 is 9.90 Å². The summed E-state index contributed by atoms with van der Waals surface area (Å²) in [7, 11) is 0. The van der Waals surface area contributed by atoms with Crippen LogP contribution in [0.2, 0.25) is 0 Å². The van der Waals surface area contributed by atoms with E-state index in [1.165, 1.54) is 30.8 Å². The maximum atomic E-state index is 10.7. The summed E-state index contributed by atoms with van der Waals surface area (Å²) in [4.78, 5) is 10.7. The molecule has 0 aromatic carbocycles. The first-order valence-corrected chi connectivity index (χ1v) is 6.18. The number of hydrogen-bond acceptors (Lipinski definition) is 2. The van der Waals surface area contributed by atoms with E-state index in [0.29, 0.717) is 17.8 Å². The van der Waals surface area contributed by atoms with E-state index in [0.717, 1.165) is 6.42 Å². The SMILES string of the molecule is O=C(O)CC1CCSCC12CCC2. The van der Waals surface area contributed by atoms with Crippen molar-refractivity contribution in [3.05, 3.63) is 0 Å². The van der Waals surface area contributed by atoms with Crippen LogP contribution in [0.4, 0.5) is 0 Å². The van der Waals surface area contributed by atoms with Crippen LogP contribution in [0.15, 0.2) is 0 Å². The molecule has 74 valence electrons. The summed E-state index contributed by atoms with van der Waals surface area (Å²) in [6.07, 6.45) is 5.39. The molecule has 2 fully saturated rings. The molecule has 1 atom stereocenters. The first kappa shape index (κ1) is 9.38. The molecule has 0 bridgehead atoms. The number of carbonyl (C=O) groups is 1. The molecule has 3 heteroatoms. The molecule has 2 rings (SSSR count). The van der Waals surface area contributed by atoms with Crippen molar-refractivity contribution in [2.45, 2.75) is 32.1 Å². The minimum absolute atomic E-state index is 0.403. The summed E-state index contributed by atoms with van der Waals surface area (Å²) in [5.41, 5.74) is 0.432. The van der Waals surface area contributed by atoms with Crippen LogP contribution in [0, 0.1) is 11.3 Å². The Kier molecular flexibility index (Phi) is 2.54. The topological polar surface area (TPSA) is 37.3 Å². The minimum Gasteiger partial charge on any atom is -0.481 e. The molecule has 0 amide bonds. The Bertz CT molecular complexity index is 211. The summed E-state index contributed by atoms with van der Waals surface area (Å²) in [5.74, 6) is 2.24. The van der Waals surface area contributed by atoms with Crippen LogP contribution in [0.1, 0.15) is 32.1 Å². The first-order valence-electron chi connectivity index (χ1n) is 5.02. The van der Waals surface area contributed by atoms with E-state index in [4.69, 9.17) is 5.11 Å². The number of hydrogen-bond donors (Lipinski definition) is 1. The van der Waals surface area contributed by atoms with E-state index in [9.17, 15) is 4.79 Å². The standard InChI is InChI=1S/C10H16O2S/c11-9(12)6-8-2-5-13-7-10(8)3-1-4-10/h8H,1-7H2,(H,11,12). The predicted octanol–water partition coefficient (Wildman–Crippen LogP) is 2.38. The highest BCUT2D eigenvalue weighted by atomic mass is 32.2. The molecule has 1 aliphatic carbocycles. The average Bonchev–Trinajstić information content (AvgIpc) is 2.01. The van der Waals surface area contributed by atoms with Crippen LogP contribution in [-0.2, 0) is 4.79 Å². The second-order valence-corrected chi connectivity index (χ2v) is 5.46. The van der Waals surface area contributed by atoms with Gasteiger partial charge in [-0.3, -0.25) is 4.79 Å². The van der Waals surface area contributed by atoms with E-state index in [2.05, 4.69) is 0 Å². The second kappa shape index (κ2) is 3.52. The van der Waals surface area contributed by atoms with Gasteiger partial charge in [-0.15, -0.1) is 0 Å². The fraction of sp³-hybridized carbons (Fsp3) is 0.900. The molecular formula is C10H16O2S. The summed E-state index contributed by atoms with van der Waals surface area (Å²) in [6, 6.07) is 0. The van der Waals surface area contributed by atoms with Gasteiger partial charge in [0.1, 0.15) is 0 Å². The predicted molar refractivity (Wildman–Crippen MR) is 54.0 cm³/mol. The van der Waals surface area contributed by atoms with E-state index in [1.807, 2.05) is 11.8 Å². The maximum absolute atomic E-state index is 10.7. The van der Waals surface area contributed by atoms with Crippen LogP contribution in [0.3, 0.4) is 0 Å². The normalized spacial score (nSPS) is 31.2. The van der Waals surface area contributed by atoms with Gasteiger partial charge >= 0.3 is 5.97 Å². The zero-order chi connectivity index (χ0) is 9.31. The quantitative estimate of drug-likeness (QED) is 0.743. The first-order chi connectivity index (χ1) is 6.23. The van der Waals surface area contributed by atoms with Gasteiger partial charge in [-0.05, 0) is 42.1 Å². The molecule has 2 aliphatic rings. The van der Waals surface area contributed by atoms with Gasteiger partial charge in [0.05, 0.1) is 0 Å². The van der Waals surface area contributed by atoms with E-state index < -0.39 is 5.97 Å². The van der Waals surface area contributed by atoms with E-state index in [-0.39, 0.29) is 0 Å².